The Labute approximate surface area is 167 Å². The first-order chi connectivity index (χ1) is 13.7. The summed E-state index contributed by atoms with van der Waals surface area (Å²) in [5.74, 6) is 0.952. The first-order valence-corrected chi connectivity index (χ1v) is 11.1. The van der Waals surface area contributed by atoms with Gasteiger partial charge in [0.05, 0.1) is 17.6 Å². The molecule has 1 N–H and O–H groups in total. The van der Waals surface area contributed by atoms with Crippen molar-refractivity contribution in [3.63, 3.8) is 0 Å². The summed E-state index contributed by atoms with van der Waals surface area (Å²) < 4.78 is 0. The first kappa shape index (κ1) is 18.1. The highest BCUT2D eigenvalue weighted by Crippen LogP contribution is 2.42. The Hall–Kier alpha value is -1.95. The largest absolute Gasteiger partial charge is 0.348 e. The fourth-order valence-corrected chi connectivity index (χ4v) is 5.66. The molecule has 0 radical (unpaired) electrons. The average molecular weight is 381 g/mol. The summed E-state index contributed by atoms with van der Waals surface area (Å²) in [5, 5.41) is 0. The molecule has 0 unspecified atom stereocenters. The second-order valence-electron chi connectivity index (χ2n) is 8.73. The third kappa shape index (κ3) is 2.84. The van der Waals surface area contributed by atoms with Crippen LogP contribution in [0.3, 0.4) is 0 Å². The number of fused-ring (bicyclic) bond motifs is 3. The molecule has 3 aliphatic rings. The van der Waals surface area contributed by atoms with E-state index in [-0.39, 0.29) is 5.54 Å². The van der Waals surface area contributed by atoms with E-state index in [0.717, 1.165) is 64.2 Å². The molecule has 0 atom stereocenters. The minimum Gasteiger partial charge on any atom is -0.348 e. The highest BCUT2D eigenvalue weighted by molar-refractivity contribution is 5.40. The highest BCUT2D eigenvalue weighted by atomic mass is 15.3. The Bertz CT molecular complexity index is 849. The molecule has 1 saturated heterocycles. The first-order valence-electron chi connectivity index (χ1n) is 11.1. The van der Waals surface area contributed by atoms with Crippen LogP contribution in [-0.4, -0.2) is 51.0 Å². The number of nitrogens with zero attached hydrogens (tertiary/aromatic N) is 5. The second-order valence-corrected chi connectivity index (χ2v) is 8.73. The molecule has 6 nitrogen and oxygen atoms in total. The van der Waals surface area contributed by atoms with Crippen molar-refractivity contribution in [2.75, 3.05) is 31.1 Å². The van der Waals surface area contributed by atoms with Crippen LogP contribution in [0.4, 0.5) is 5.95 Å². The van der Waals surface area contributed by atoms with Crippen molar-refractivity contribution < 1.29 is 0 Å². The zero-order valence-corrected chi connectivity index (χ0v) is 17.3. The number of hydrogen-bond donors (Lipinski definition) is 1. The standard InChI is InChI=1S/C22H32N6/c1-3-11-28-12-8-19-20(24-15-23-19)22(28)9-13-27(14-10-22)21-25-16(2)17-6-4-5-7-18(17)26-21/h15H,3-14H2,1-2H3,(H,23,24). The lowest BCUT2D eigenvalue weighted by Crippen LogP contribution is -2.56. The lowest BCUT2D eigenvalue weighted by molar-refractivity contribution is 0.0442. The molecule has 0 bridgehead atoms. The molecule has 1 spiro atoms. The summed E-state index contributed by atoms with van der Waals surface area (Å²) in [5.41, 5.74) is 6.64. The van der Waals surface area contributed by atoms with E-state index in [0.29, 0.717) is 0 Å². The highest BCUT2D eigenvalue weighted by Gasteiger charge is 2.46. The monoisotopic (exact) mass is 380 g/mol. The molecule has 150 valence electrons. The van der Waals surface area contributed by atoms with Gasteiger partial charge in [-0.3, -0.25) is 4.90 Å². The topological polar surface area (TPSA) is 60.9 Å². The number of piperidine rings is 1. The Morgan fingerprint density at radius 2 is 1.89 bits per heavy atom. The molecule has 0 amide bonds. The van der Waals surface area contributed by atoms with Gasteiger partial charge in [-0.25, -0.2) is 15.0 Å². The predicted octanol–water partition coefficient (Wildman–Crippen LogP) is 3.15. The minimum atomic E-state index is 0.0867. The maximum atomic E-state index is 5.00. The quantitative estimate of drug-likeness (QED) is 0.886. The summed E-state index contributed by atoms with van der Waals surface area (Å²) in [6.07, 6.45) is 11.2. The zero-order chi connectivity index (χ0) is 19.1. The van der Waals surface area contributed by atoms with Gasteiger partial charge in [0.2, 0.25) is 5.95 Å². The van der Waals surface area contributed by atoms with Crippen LogP contribution < -0.4 is 4.90 Å². The van der Waals surface area contributed by atoms with E-state index < -0.39 is 0 Å². The Morgan fingerprint density at radius 3 is 2.71 bits per heavy atom. The van der Waals surface area contributed by atoms with Gasteiger partial charge in [0.15, 0.2) is 0 Å². The van der Waals surface area contributed by atoms with Gasteiger partial charge >= 0.3 is 0 Å². The summed E-state index contributed by atoms with van der Waals surface area (Å²) in [6.45, 7) is 8.75. The maximum Gasteiger partial charge on any atom is 0.225 e. The van der Waals surface area contributed by atoms with Crippen molar-refractivity contribution in [3.8, 4) is 0 Å². The molecule has 4 heterocycles. The molecule has 2 aromatic heterocycles. The van der Waals surface area contributed by atoms with Gasteiger partial charge in [-0.05, 0) is 64.0 Å². The lowest BCUT2D eigenvalue weighted by atomic mass is 9.78. The van der Waals surface area contributed by atoms with Crippen LogP contribution >= 0.6 is 0 Å². The van der Waals surface area contributed by atoms with Crippen molar-refractivity contribution in [1.82, 2.24) is 24.8 Å². The molecular weight excluding hydrogens is 348 g/mol. The molecular formula is C22H32N6. The van der Waals surface area contributed by atoms with E-state index in [1.54, 1.807) is 0 Å². The molecule has 1 aliphatic carbocycles. The van der Waals surface area contributed by atoms with Gasteiger partial charge in [-0.15, -0.1) is 0 Å². The Kier molecular flexibility index (Phi) is 4.62. The number of H-pyrrole nitrogens is 1. The smallest absolute Gasteiger partial charge is 0.225 e. The van der Waals surface area contributed by atoms with Crippen LogP contribution in [-0.2, 0) is 24.8 Å². The number of anilines is 1. The summed E-state index contributed by atoms with van der Waals surface area (Å²) in [4.78, 5) is 23.2. The van der Waals surface area contributed by atoms with E-state index in [9.17, 15) is 0 Å². The van der Waals surface area contributed by atoms with Crippen molar-refractivity contribution in [2.45, 2.75) is 70.8 Å². The lowest BCUT2D eigenvalue weighted by Gasteiger charge is -2.50. The maximum absolute atomic E-state index is 5.00. The fraction of sp³-hybridized carbons (Fsp3) is 0.682. The van der Waals surface area contributed by atoms with Crippen molar-refractivity contribution in [3.05, 3.63) is 34.7 Å². The van der Waals surface area contributed by atoms with E-state index in [4.69, 9.17) is 15.0 Å². The summed E-state index contributed by atoms with van der Waals surface area (Å²) >= 11 is 0. The van der Waals surface area contributed by atoms with Gasteiger partial charge in [0.1, 0.15) is 0 Å². The van der Waals surface area contributed by atoms with Gasteiger partial charge in [-0.1, -0.05) is 6.92 Å². The van der Waals surface area contributed by atoms with Crippen LogP contribution in [0.5, 0.6) is 0 Å². The van der Waals surface area contributed by atoms with Crippen LogP contribution in [0.25, 0.3) is 0 Å². The molecule has 2 aromatic rings. The van der Waals surface area contributed by atoms with E-state index in [1.165, 1.54) is 47.6 Å². The minimum absolute atomic E-state index is 0.0867. The number of aryl methyl sites for hydroxylation is 2. The number of rotatable bonds is 3. The Morgan fingerprint density at radius 1 is 1.07 bits per heavy atom. The molecule has 5 rings (SSSR count). The third-order valence-electron chi connectivity index (χ3n) is 7.14. The summed E-state index contributed by atoms with van der Waals surface area (Å²) in [7, 11) is 0. The number of aromatic nitrogens is 4. The number of aromatic amines is 1. The van der Waals surface area contributed by atoms with Gasteiger partial charge < -0.3 is 9.88 Å². The predicted molar refractivity (Wildman–Crippen MR) is 111 cm³/mol. The second kappa shape index (κ2) is 7.14. The van der Waals surface area contributed by atoms with Crippen LogP contribution in [0.2, 0.25) is 0 Å². The van der Waals surface area contributed by atoms with Crippen LogP contribution in [0.15, 0.2) is 6.33 Å². The number of nitrogens with one attached hydrogen (secondary N) is 1. The van der Waals surface area contributed by atoms with Gasteiger partial charge in [-0.2, -0.15) is 0 Å². The average Bonchev–Trinajstić information content (AvgIpc) is 3.21. The molecule has 6 heteroatoms. The van der Waals surface area contributed by atoms with Crippen molar-refractivity contribution >= 4 is 5.95 Å². The molecule has 28 heavy (non-hydrogen) atoms. The third-order valence-corrected chi connectivity index (χ3v) is 7.14. The molecule has 1 fully saturated rings. The fourth-order valence-electron chi connectivity index (χ4n) is 5.66. The van der Waals surface area contributed by atoms with Gasteiger partial charge in [0.25, 0.3) is 0 Å². The van der Waals surface area contributed by atoms with Crippen molar-refractivity contribution in [2.24, 2.45) is 0 Å². The van der Waals surface area contributed by atoms with E-state index in [1.807, 2.05) is 6.33 Å². The van der Waals surface area contributed by atoms with E-state index >= 15 is 0 Å². The van der Waals surface area contributed by atoms with Crippen LogP contribution in [0, 0.1) is 6.92 Å². The molecule has 0 saturated carbocycles. The SMILES string of the molecule is CCCN1CCc2[nH]cnc2C12CCN(c1nc(C)c3c(n1)CCCC3)CC2. The molecule has 0 aromatic carbocycles. The number of imidazole rings is 1. The number of hydrogen-bond acceptors (Lipinski definition) is 5. The normalized spacial score (nSPS) is 21.6. The Balaban J connectivity index is 1.41. The van der Waals surface area contributed by atoms with E-state index in [2.05, 4.69) is 28.6 Å². The molecule has 2 aliphatic heterocycles. The summed E-state index contributed by atoms with van der Waals surface area (Å²) in [6, 6.07) is 0. The van der Waals surface area contributed by atoms with Gasteiger partial charge in [0, 0.05) is 43.1 Å². The van der Waals surface area contributed by atoms with Crippen LogP contribution in [0.1, 0.15) is 67.4 Å². The zero-order valence-electron chi connectivity index (χ0n) is 17.3. The van der Waals surface area contributed by atoms with Crippen molar-refractivity contribution in [1.29, 1.82) is 0 Å².